The predicted octanol–water partition coefficient (Wildman–Crippen LogP) is 8.88. The number of aromatic nitrogens is 1. The summed E-state index contributed by atoms with van der Waals surface area (Å²) in [6, 6.07) is 21.4. The van der Waals surface area contributed by atoms with E-state index in [0.29, 0.717) is 11.7 Å². The van der Waals surface area contributed by atoms with Gasteiger partial charge in [-0.1, -0.05) is 58.0 Å². The minimum Gasteiger partial charge on any atom is -0.511 e. The molecule has 1 N–H and O–H groups in total. The number of hydrogen-bond acceptors (Lipinski definition) is 3. The Kier molecular flexibility index (Phi) is 9.89. The van der Waals surface area contributed by atoms with E-state index in [4.69, 9.17) is 0 Å². The SMILES string of the molecule is CCC1(CC)CCC2CCC(CC)(CC)C(O)=C2C1=O.[Ir].[c-]1ccccc1-c1cc2ccccc2cn1. The van der Waals surface area contributed by atoms with Gasteiger partial charge in [-0.2, -0.15) is 0 Å². The number of aliphatic hydroxyl groups excluding tert-OH is 1. The molecule has 1 radical (unpaired) electrons. The Morgan fingerprint density at radius 2 is 1.49 bits per heavy atom. The molecule has 2 aromatic carbocycles. The first kappa shape index (κ1) is 29.3. The van der Waals surface area contributed by atoms with E-state index < -0.39 is 0 Å². The summed E-state index contributed by atoms with van der Waals surface area (Å²) in [6.07, 6.45) is 9.78. The van der Waals surface area contributed by atoms with Gasteiger partial charge in [0, 0.05) is 42.7 Å². The summed E-state index contributed by atoms with van der Waals surface area (Å²) < 4.78 is 0. The van der Waals surface area contributed by atoms with Crippen LogP contribution in [0.1, 0.15) is 79.1 Å². The fraction of sp³-hybridized carbons (Fsp3) is 0.455. The molecule has 0 amide bonds. The molecule has 2 aliphatic carbocycles. The maximum Gasteiger partial charge on any atom is 0.168 e. The molecule has 0 aliphatic heterocycles. The molecule has 1 heterocycles. The quantitative estimate of drug-likeness (QED) is 0.275. The molecule has 3 nitrogen and oxygen atoms in total. The summed E-state index contributed by atoms with van der Waals surface area (Å²) in [4.78, 5) is 17.5. The van der Waals surface area contributed by atoms with Gasteiger partial charge in [-0.3, -0.25) is 4.79 Å². The van der Waals surface area contributed by atoms with Crippen LogP contribution in [0.5, 0.6) is 0 Å². The first-order valence-electron chi connectivity index (χ1n) is 13.7. The Labute approximate surface area is 236 Å². The van der Waals surface area contributed by atoms with Crippen LogP contribution in [0.15, 0.2) is 72.1 Å². The van der Waals surface area contributed by atoms with E-state index in [1.807, 2.05) is 42.6 Å². The number of carbonyl (C=O) groups is 1. The molecule has 199 valence electrons. The zero-order valence-corrected chi connectivity index (χ0v) is 25.0. The molecule has 1 atom stereocenters. The molecule has 0 bridgehead atoms. The molecule has 3 aromatic rings. The van der Waals surface area contributed by atoms with Crippen LogP contribution in [0, 0.1) is 22.8 Å². The average molecular weight is 675 g/mol. The van der Waals surface area contributed by atoms with Gasteiger partial charge >= 0.3 is 0 Å². The van der Waals surface area contributed by atoms with Crippen molar-refractivity contribution in [1.29, 1.82) is 0 Å². The third-order valence-electron chi connectivity index (χ3n) is 9.16. The van der Waals surface area contributed by atoms with Crippen LogP contribution < -0.4 is 0 Å². The zero-order valence-electron chi connectivity index (χ0n) is 22.6. The smallest absolute Gasteiger partial charge is 0.168 e. The summed E-state index contributed by atoms with van der Waals surface area (Å²) in [5.74, 6) is 1.04. The van der Waals surface area contributed by atoms with Crippen molar-refractivity contribution in [1.82, 2.24) is 4.98 Å². The van der Waals surface area contributed by atoms with Crippen molar-refractivity contribution >= 4 is 16.6 Å². The summed E-state index contributed by atoms with van der Waals surface area (Å²) in [5, 5.41) is 13.2. The second-order valence-corrected chi connectivity index (χ2v) is 10.5. The minimum atomic E-state index is -0.204. The normalized spacial score (nSPS) is 19.9. The number of ketones is 1. The Morgan fingerprint density at radius 3 is 2.08 bits per heavy atom. The maximum atomic E-state index is 13.1. The molecule has 0 saturated heterocycles. The number of hydrogen-bond donors (Lipinski definition) is 1. The number of pyridine rings is 1. The van der Waals surface area contributed by atoms with Crippen molar-refractivity contribution in [2.45, 2.75) is 79.1 Å². The molecule has 2 aliphatic rings. The number of rotatable bonds is 5. The number of fused-ring (bicyclic) bond motifs is 2. The van der Waals surface area contributed by atoms with Crippen molar-refractivity contribution in [3.8, 4) is 11.3 Å². The number of aliphatic hydroxyl groups is 1. The Bertz CT molecular complexity index is 1230. The molecule has 4 heteroatoms. The second kappa shape index (κ2) is 12.5. The predicted molar refractivity (Wildman–Crippen MR) is 149 cm³/mol. The molecular formula is C33H40IrNO2-. The van der Waals surface area contributed by atoms with Crippen LogP contribution >= 0.6 is 0 Å². The number of nitrogens with zero attached hydrogens (tertiary/aromatic N) is 1. The van der Waals surface area contributed by atoms with Gasteiger partial charge in [0.25, 0.3) is 0 Å². The Balaban J connectivity index is 0.000000204. The molecule has 1 fully saturated rings. The van der Waals surface area contributed by atoms with E-state index in [-0.39, 0.29) is 36.7 Å². The zero-order chi connectivity index (χ0) is 25.8. The molecule has 1 unspecified atom stereocenters. The van der Waals surface area contributed by atoms with E-state index in [1.54, 1.807) is 0 Å². The standard InChI is InChI=1S/C18H30O2.C15H10N.Ir/c1-5-17(6-2)11-9-13-10-12-18(7-3,8-4)16(20)14(13)15(17)19;1-2-6-12(7-3-1)15-10-13-8-4-5-9-14(13)11-16-15;/h13,19H,5-12H2,1-4H3;1-6,8-11H;/q;-1;. The fourth-order valence-electron chi connectivity index (χ4n) is 6.27. The van der Waals surface area contributed by atoms with Crippen LogP contribution in [0.3, 0.4) is 0 Å². The van der Waals surface area contributed by atoms with Gasteiger partial charge in [0.1, 0.15) is 5.76 Å². The number of allylic oxidation sites excluding steroid dienone is 2. The van der Waals surface area contributed by atoms with Crippen molar-refractivity contribution < 1.29 is 30.0 Å². The van der Waals surface area contributed by atoms with Crippen LogP contribution in [0.2, 0.25) is 0 Å². The van der Waals surface area contributed by atoms with E-state index >= 15 is 0 Å². The minimum absolute atomic E-state index is 0. The average Bonchev–Trinajstić information content (AvgIpc) is 2.94. The van der Waals surface area contributed by atoms with Crippen molar-refractivity contribution in [3.05, 3.63) is 78.2 Å². The first-order valence-corrected chi connectivity index (χ1v) is 13.7. The van der Waals surface area contributed by atoms with E-state index in [1.165, 1.54) is 10.8 Å². The Hall–Kier alpha value is -2.29. The van der Waals surface area contributed by atoms with Gasteiger partial charge in [0.2, 0.25) is 0 Å². The van der Waals surface area contributed by atoms with Gasteiger partial charge < -0.3 is 10.1 Å². The second-order valence-electron chi connectivity index (χ2n) is 10.5. The van der Waals surface area contributed by atoms with Gasteiger partial charge in [-0.25, -0.2) is 0 Å². The Morgan fingerprint density at radius 1 is 0.892 bits per heavy atom. The van der Waals surface area contributed by atoms with Crippen molar-refractivity contribution in [3.63, 3.8) is 0 Å². The van der Waals surface area contributed by atoms with E-state index in [9.17, 15) is 9.90 Å². The maximum absolute atomic E-state index is 13.1. The van der Waals surface area contributed by atoms with Crippen LogP contribution in [-0.4, -0.2) is 15.9 Å². The summed E-state index contributed by atoms with van der Waals surface area (Å²) in [6.45, 7) is 8.52. The molecular weight excluding hydrogens is 635 g/mol. The topological polar surface area (TPSA) is 50.2 Å². The van der Waals surface area contributed by atoms with Gasteiger partial charge in [0.05, 0.1) is 0 Å². The summed E-state index contributed by atoms with van der Waals surface area (Å²) >= 11 is 0. The third-order valence-corrected chi connectivity index (χ3v) is 9.16. The van der Waals surface area contributed by atoms with Gasteiger partial charge in [0.15, 0.2) is 5.78 Å². The van der Waals surface area contributed by atoms with Crippen LogP contribution in [-0.2, 0) is 24.9 Å². The largest absolute Gasteiger partial charge is 0.511 e. The number of carbonyl (C=O) groups excluding carboxylic acids is 1. The molecule has 37 heavy (non-hydrogen) atoms. The molecule has 5 rings (SSSR count). The van der Waals surface area contributed by atoms with Gasteiger partial charge in [-0.05, 0) is 73.8 Å². The molecule has 1 aromatic heterocycles. The first-order chi connectivity index (χ1) is 17.4. The van der Waals surface area contributed by atoms with E-state index in [2.05, 4.69) is 56.9 Å². The molecule has 0 spiro atoms. The van der Waals surface area contributed by atoms with Crippen molar-refractivity contribution in [2.75, 3.05) is 0 Å². The third kappa shape index (κ3) is 5.61. The van der Waals surface area contributed by atoms with Crippen LogP contribution in [0.4, 0.5) is 0 Å². The van der Waals surface area contributed by atoms with E-state index in [0.717, 1.165) is 68.2 Å². The van der Waals surface area contributed by atoms with Crippen LogP contribution in [0.25, 0.3) is 22.0 Å². The van der Waals surface area contributed by atoms with Crippen molar-refractivity contribution in [2.24, 2.45) is 16.7 Å². The summed E-state index contributed by atoms with van der Waals surface area (Å²) in [5.41, 5.74) is 2.48. The van der Waals surface area contributed by atoms with Gasteiger partial charge in [-0.15, -0.1) is 35.9 Å². The number of benzene rings is 2. The monoisotopic (exact) mass is 675 g/mol. The fourth-order valence-corrected chi connectivity index (χ4v) is 6.27. The molecule has 1 saturated carbocycles. The summed E-state index contributed by atoms with van der Waals surface area (Å²) in [7, 11) is 0. The number of Topliss-reactive ketones (excluding diaryl/α,β-unsaturated/α-hetero) is 1.